The molecule has 1 aliphatic heterocycles. The van der Waals surface area contributed by atoms with Crippen LogP contribution >= 0.6 is 70.1 Å². The molecule has 0 aromatic heterocycles. The summed E-state index contributed by atoms with van der Waals surface area (Å²) in [7, 11) is -1.91. The molecular weight excluding hydrogens is 277 g/mol. The second-order valence-electron chi connectivity index (χ2n) is 1.23. The Morgan fingerprint density at radius 3 is 2.40 bits per heavy atom. The molecule has 0 aliphatic carbocycles. The van der Waals surface area contributed by atoms with Crippen LogP contribution in [0.25, 0.3) is 0 Å². The summed E-state index contributed by atoms with van der Waals surface area (Å²) in [6.45, 7) is 0. The van der Waals surface area contributed by atoms with Crippen molar-refractivity contribution in [2.24, 2.45) is 0 Å². The first-order valence-electron chi connectivity index (χ1n) is 1.97. The van der Waals surface area contributed by atoms with Crippen molar-refractivity contribution >= 4 is 70.1 Å². The Balaban J connectivity index is 2.52. The third-order valence-corrected chi connectivity index (χ3v) is 10.1. The fourth-order valence-corrected chi connectivity index (χ4v) is 7.48. The molecule has 1 rings (SSSR count). The Bertz CT molecular complexity index is 108. The second kappa shape index (κ2) is 4.53. The summed E-state index contributed by atoms with van der Waals surface area (Å²) in [4.78, 5) is 2.89. The highest BCUT2D eigenvalue weighted by Gasteiger charge is 2.33. The van der Waals surface area contributed by atoms with Crippen LogP contribution in [0, 0.1) is 0 Å². The van der Waals surface area contributed by atoms with Crippen LogP contribution in [-0.2, 0) is 0 Å². The third kappa shape index (κ3) is 2.41. The summed E-state index contributed by atoms with van der Waals surface area (Å²) >= 11 is 22.8. The van der Waals surface area contributed by atoms with Crippen molar-refractivity contribution in [3.05, 3.63) is 0 Å². The maximum absolute atomic E-state index is 5.76. The highest BCUT2D eigenvalue weighted by molar-refractivity contribution is 8.00. The first-order chi connectivity index (χ1) is 4.63. The van der Waals surface area contributed by atoms with Crippen LogP contribution in [0.1, 0.15) is 0 Å². The minimum Gasteiger partial charge on any atom is -0.236 e. The number of nitrogens with zero attached hydrogens (tertiary/aromatic N) is 2. The van der Waals surface area contributed by atoms with Gasteiger partial charge in [-0.3, -0.25) is 0 Å². The quantitative estimate of drug-likeness (QED) is 0.535. The average molecular weight is 279 g/mol. The molecule has 10 heavy (non-hydrogen) atoms. The molecule has 1 saturated heterocycles. The van der Waals surface area contributed by atoms with Gasteiger partial charge in [-0.25, -0.2) is 4.86 Å². The molecule has 1 heterocycles. The first-order valence-corrected chi connectivity index (χ1v) is 7.95. The lowest BCUT2D eigenvalue weighted by atomic mass is 13.7. The molecule has 3 unspecified atom stereocenters. The van der Waals surface area contributed by atoms with Crippen molar-refractivity contribution in [1.29, 1.82) is 0 Å². The molecule has 1 N–H and O–H groups in total. The Labute approximate surface area is 82.7 Å². The van der Waals surface area contributed by atoms with Crippen LogP contribution in [0.3, 0.4) is 0 Å². The highest BCUT2D eigenvalue weighted by Crippen LogP contribution is 2.71. The molecule has 3 nitrogen and oxygen atoms in total. The Morgan fingerprint density at radius 2 is 1.90 bits per heavy atom. The van der Waals surface area contributed by atoms with Gasteiger partial charge in [0.25, 0.3) is 0 Å². The summed E-state index contributed by atoms with van der Waals surface area (Å²) in [5.41, 5.74) is 0. The average Bonchev–Trinajstić information content (AvgIpc) is 1.93. The van der Waals surface area contributed by atoms with Gasteiger partial charge in [-0.1, -0.05) is 22.5 Å². The van der Waals surface area contributed by atoms with Gasteiger partial charge in [-0.15, -0.1) is 7.92 Å². The van der Waals surface area contributed by atoms with Crippen LogP contribution in [0.5, 0.6) is 0 Å². The van der Waals surface area contributed by atoms with Gasteiger partial charge in [0.1, 0.15) is 0 Å². The maximum atomic E-state index is 5.76. The number of hydrogen-bond donors (Lipinski definition) is 1. The third-order valence-electron chi connectivity index (χ3n) is 0.660. The fraction of sp³-hybridized carbons (Fsp3) is 0. The number of nitrogens with one attached hydrogen (secondary N) is 1. The van der Waals surface area contributed by atoms with Crippen LogP contribution in [0.2, 0.25) is 0 Å². The summed E-state index contributed by atoms with van der Waals surface area (Å²) in [5.74, 6) is 0. The van der Waals surface area contributed by atoms with Gasteiger partial charge >= 0.3 is 0 Å². The van der Waals surface area contributed by atoms with Crippen molar-refractivity contribution in [2.75, 3.05) is 0 Å². The van der Waals surface area contributed by atoms with E-state index >= 15 is 0 Å². The van der Waals surface area contributed by atoms with E-state index in [-0.39, 0.29) is 8.88 Å². The largest absolute Gasteiger partial charge is 0.236 e. The Kier molecular flexibility index (Phi) is 4.72. The minimum absolute atomic E-state index is 0.238. The van der Waals surface area contributed by atoms with Crippen LogP contribution in [0.4, 0.5) is 0 Å². The van der Waals surface area contributed by atoms with E-state index in [4.69, 9.17) is 46.0 Å². The van der Waals surface area contributed by atoms with Crippen molar-refractivity contribution in [2.45, 2.75) is 0 Å². The number of hydrogen-bond acceptors (Lipinski definition) is 3. The van der Waals surface area contributed by atoms with Crippen LogP contribution < -0.4 is 4.86 Å². The van der Waals surface area contributed by atoms with E-state index in [1.54, 1.807) is 0 Å². The zero-order valence-electron chi connectivity index (χ0n) is 4.30. The lowest BCUT2D eigenvalue weighted by molar-refractivity contribution is 1.03. The molecule has 0 amide bonds. The van der Waals surface area contributed by atoms with E-state index in [1.165, 1.54) is 7.92 Å². The molecule has 0 saturated carbocycles. The molecule has 0 bridgehead atoms. The van der Waals surface area contributed by atoms with Gasteiger partial charge in [-0.2, -0.15) is 0 Å². The van der Waals surface area contributed by atoms with Crippen LogP contribution in [-0.4, -0.2) is 7.92 Å². The van der Waals surface area contributed by atoms with Crippen LogP contribution in [0.15, 0.2) is 0 Å². The highest BCUT2D eigenvalue weighted by atomic mass is 35.7. The molecule has 0 spiro atoms. The van der Waals surface area contributed by atoms with Gasteiger partial charge in [0.2, 0.25) is 0 Å². The molecule has 1 aliphatic rings. The molecule has 0 aromatic rings. The Morgan fingerprint density at radius 1 is 1.30 bits per heavy atom. The SMILES string of the molecule is ClN1PNP(Cl)N(Cl)P1Cl. The first kappa shape index (κ1) is 10.4. The summed E-state index contributed by atoms with van der Waals surface area (Å²) in [6.07, 6.45) is 0. The number of halogens is 4. The molecular formula is H2Cl4N3P3. The lowest BCUT2D eigenvalue weighted by Crippen LogP contribution is -2.14. The van der Waals surface area contributed by atoms with Gasteiger partial charge in [0.05, 0.1) is 0 Å². The van der Waals surface area contributed by atoms with Crippen molar-refractivity contribution in [1.82, 2.24) is 12.8 Å². The second-order valence-corrected chi connectivity index (χ2v) is 9.22. The zero-order valence-corrected chi connectivity index (χ0v) is 10.1. The van der Waals surface area contributed by atoms with E-state index in [0.717, 1.165) is 0 Å². The van der Waals surface area contributed by atoms with E-state index in [1.807, 2.05) is 0 Å². The predicted molar refractivity (Wildman–Crippen MR) is 52.4 cm³/mol. The summed E-state index contributed by atoms with van der Waals surface area (Å²) < 4.78 is 2.72. The van der Waals surface area contributed by atoms with E-state index in [0.29, 0.717) is 0 Å². The minimum atomic E-state index is -1.14. The van der Waals surface area contributed by atoms with Gasteiger partial charge in [0.15, 0.2) is 15.2 Å². The van der Waals surface area contributed by atoms with E-state index < -0.39 is 15.2 Å². The van der Waals surface area contributed by atoms with Gasteiger partial charge < -0.3 is 0 Å². The Hall–Kier alpha value is 2.33. The zero-order chi connectivity index (χ0) is 7.72. The molecule has 3 atom stereocenters. The van der Waals surface area contributed by atoms with Crippen molar-refractivity contribution in [3.8, 4) is 0 Å². The van der Waals surface area contributed by atoms with E-state index in [9.17, 15) is 0 Å². The van der Waals surface area contributed by atoms with Crippen molar-refractivity contribution < 1.29 is 0 Å². The monoisotopic (exact) mass is 277 g/mol. The maximum Gasteiger partial charge on any atom is 0.180 e. The summed E-state index contributed by atoms with van der Waals surface area (Å²) in [5, 5.41) is 0. The number of rotatable bonds is 0. The standard InChI is InChI=1S/Cl4H2N3P3/c1-6-8-5-9(3)7(2)10(6)4/h5,8H. The molecule has 1 fully saturated rings. The molecule has 60 valence electrons. The lowest BCUT2D eigenvalue weighted by Gasteiger charge is -2.33. The predicted octanol–water partition coefficient (Wildman–Crippen LogP) is 3.94. The van der Waals surface area contributed by atoms with E-state index in [2.05, 4.69) is 4.86 Å². The smallest absolute Gasteiger partial charge is 0.180 e. The van der Waals surface area contributed by atoms with Gasteiger partial charge in [-0.05, 0) is 23.6 Å². The van der Waals surface area contributed by atoms with Gasteiger partial charge in [0, 0.05) is 8.88 Å². The topological polar surface area (TPSA) is 18.5 Å². The molecule has 0 radical (unpaired) electrons. The molecule has 10 heteroatoms. The normalized spacial score (nSPS) is 40.8. The van der Waals surface area contributed by atoms with Crippen molar-refractivity contribution in [3.63, 3.8) is 0 Å². The fourth-order valence-electron chi connectivity index (χ4n) is 0.295. The molecule has 0 aromatic carbocycles. The summed E-state index contributed by atoms with van der Waals surface area (Å²) in [6, 6.07) is 0.